The minimum Gasteiger partial charge on any atom is -0.377 e. The van der Waals surface area contributed by atoms with Crippen LogP contribution in [0.3, 0.4) is 0 Å². The molecule has 0 aliphatic carbocycles. The van der Waals surface area contributed by atoms with Crippen molar-refractivity contribution in [3.63, 3.8) is 0 Å². The SMILES string of the molecule is CC1CCc2ccccc2N1C(=O)CS(=O)(=O)CC1CCCO1. The molecule has 0 N–H and O–H groups in total. The molecule has 2 unspecified atom stereocenters. The first-order chi connectivity index (χ1) is 11.0. The molecule has 1 aromatic carbocycles. The van der Waals surface area contributed by atoms with E-state index in [0.717, 1.165) is 36.9 Å². The largest absolute Gasteiger partial charge is 0.377 e. The summed E-state index contributed by atoms with van der Waals surface area (Å²) in [6.07, 6.45) is 3.18. The molecule has 1 amide bonds. The van der Waals surface area contributed by atoms with Crippen molar-refractivity contribution in [2.24, 2.45) is 0 Å². The van der Waals surface area contributed by atoms with Gasteiger partial charge in [0.1, 0.15) is 5.75 Å². The number of anilines is 1. The fourth-order valence-corrected chi connectivity index (χ4v) is 4.91. The third-order valence-corrected chi connectivity index (χ3v) is 6.17. The normalized spacial score (nSPS) is 24.5. The van der Waals surface area contributed by atoms with Crippen LogP contribution in [-0.2, 0) is 25.8 Å². The van der Waals surface area contributed by atoms with Gasteiger partial charge in [-0.3, -0.25) is 4.79 Å². The summed E-state index contributed by atoms with van der Waals surface area (Å²) < 4.78 is 30.1. The summed E-state index contributed by atoms with van der Waals surface area (Å²) in [5, 5.41) is 0. The molecule has 2 heterocycles. The Morgan fingerprint density at radius 2 is 2.09 bits per heavy atom. The summed E-state index contributed by atoms with van der Waals surface area (Å²) in [6, 6.07) is 7.76. The Balaban J connectivity index is 1.74. The van der Waals surface area contributed by atoms with Gasteiger partial charge in [-0.25, -0.2) is 8.42 Å². The molecule has 1 aromatic rings. The highest BCUT2D eigenvalue weighted by atomic mass is 32.2. The number of nitrogens with zero attached hydrogens (tertiary/aromatic N) is 1. The first kappa shape index (κ1) is 16.5. The summed E-state index contributed by atoms with van der Waals surface area (Å²) >= 11 is 0. The second-order valence-corrected chi connectivity index (χ2v) is 8.58. The predicted octanol–water partition coefficient (Wildman–Crippen LogP) is 1.95. The van der Waals surface area contributed by atoms with Crippen LogP contribution in [0.5, 0.6) is 0 Å². The Morgan fingerprint density at radius 3 is 2.83 bits per heavy atom. The van der Waals surface area contributed by atoms with Gasteiger partial charge in [0, 0.05) is 18.3 Å². The van der Waals surface area contributed by atoms with Crippen LogP contribution < -0.4 is 4.90 Å². The maximum Gasteiger partial charge on any atom is 0.242 e. The molecule has 0 aromatic heterocycles. The van der Waals surface area contributed by atoms with Crippen LogP contribution in [0.1, 0.15) is 31.7 Å². The lowest BCUT2D eigenvalue weighted by molar-refractivity contribution is -0.116. The van der Waals surface area contributed by atoms with Crippen molar-refractivity contribution in [2.45, 2.75) is 44.8 Å². The van der Waals surface area contributed by atoms with Crippen LogP contribution in [-0.4, -0.2) is 44.6 Å². The number of benzene rings is 1. The van der Waals surface area contributed by atoms with Gasteiger partial charge in [0.25, 0.3) is 0 Å². The maximum absolute atomic E-state index is 12.7. The van der Waals surface area contributed by atoms with Gasteiger partial charge < -0.3 is 9.64 Å². The summed E-state index contributed by atoms with van der Waals surface area (Å²) in [7, 11) is -3.46. The van der Waals surface area contributed by atoms with Gasteiger partial charge in [0.2, 0.25) is 5.91 Å². The quantitative estimate of drug-likeness (QED) is 0.842. The van der Waals surface area contributed by atoms with E-state index in [0.29, 0.717) is 6.61 Å². The van der Waals surface area contributed by atoms with Gasteiger partial charge in [0.15, 0.2) is 9.84 Å². The molecule has 0 radical (unpaired) electrons. The number of fused-ring (bicyclic) bond motifs is 1. The third kappa shape index (κ3) is 3.75. The molecule has 6 heteroatoms. The van der Waals surface area contributed by atoms with Gasteiger partial charge in [-0.15, -0.1) is 0 Å². The van der Waals surface area contributed by atoms with Crippen LogP contribution in [0.25, 0.3) is 0 Å². The summed E-state index contributed by atoms with van der Waals surface area (Å²) in [5.74, 6) is -0.823. The lowest BCUT2D eigenvalue weighted by Gasteiger charge is -2.35. The molecule has 2 atom stereocenters. The van der Waals surface area contributed by atoms with Crippen molar-refractivity contribution in [3.8, 4) is 0 Å². The Hall–Kier alpha value is -1.40. The number of hydrogen-bond donors (Lipinski definition) is 0. The average molecular weight is 337 g/mol. The van der Waals surface area contributed by atoms with E-state index in [4.69, 9.17) is 4.74 Å². The highest BCUT2D eigenvalue weighted by Crippen LogP contribution is 2.30. The molecule has 126 valence electrons. The van der Waals surface area contributed by atoms with E-state index < -0.39 is 15.6 Å². The molecular formula is C17H23NO4S. The lowest BCUT2D eigenvalue weighted by Crippen LogP contribution is -2.45. The minimum absolute atomic E-state index is 0.0235. The zero-order valence-electron chi connectivity index (χ0n) is 13.4. The summed E-state index contributed by atoms with van der Waals surface area (Å²) in [5.41, 5.74) is 1.96. The highest BCUT2D eigenvalue weighted by Gasteiger charge is 2.32. The average Bonchev–Trinajstić information content (AvgIpc) is 2.98. The smallest absolute Gasteiger partial charge is 0.242 e. The molecule has 0 spiro atoms. The Morgan fingerprint density at radius 1 is 1.30 bits per heavy atom. The zero-order valence-corrected chi connectivity index (χ0v) is 14.2. The van der Waals surface area contributed by atoms with E-state index in [9.17, 15) is 13.2 Å². The van der Waals surface area contributed by atoms with Crippen molar-refractivity contribution in [2.75, 3.05) is 23.0 Å². The number of carbonyl (C=O) groups is 1. The first-order valence-corrected chi connectivity index (χ1v) is 10.0. The Labute approximate surface area is 137 Å². The van der Waals surface area contributed by atoms with E-state index in [2.05, 4.69) is 0 Å². The molecule has 1 fully saturated rings. The second-order valence-electron chi connectivity index (χ2n) is 6.47. The standard InChI is InChI=1S/C17H23NO4S/c1-13-8-9-14-5-2-3-7-16(14)18(13)17(19)12-23(20,21)11-15-6-4-10-22-15/h2-3,5,7,13,15H,4,6,8-12H2,1H3. The third-order valence-electron chi connectivity index (χ3n) is 4.60. The van der Waals surface area contributed by atoms with E-state index in [1.54, 1.807) is 4.90 Å². The molecule has 23 heavy (non-hydrogen) atoms. The van der Waals surface area contributed by atoms with Crippen LogP contribution >= 0.6 is 0 Å². The molecular weight excluding hydrogens is 314 g/mol. The van der Waals surface area contributed by atoms with Crippen LogP contribution in [0, 0.1) is 0 Å². The van der Waals surface area contributed by atoms with Gasteiger partial charge >= 0.3 is 0 Å². The van der Waals surface area contributed by atoms with Crippen molar-refractivity contribution in [3.05, 3.63) is 29.8 Å². The molecule has 2 aliphatic rings. The van der Waals surface area contributed by atoms with E-state index in [1.165, 1.54) is 0 Å². The van der Waals surface area contributed by atoms with Gasteiger partial charge in [-0.05, 0) is 44.2 Å². The predicted molar refractivity (Wildman–Crippen MR) is 89.3 cm³/mol. The number of aryl methyl sites for hydroxylation is 1. The molecule has 5 nitrogen and oxygen atoms in total. The van der Waals surface area contributed by atoms with Gasteiger partial charge in [-0.1, -0.05) is 18.2 Å². The van der Waals surface area contributed by atoms with Crippen LogP contribution in [0.2, 0.25) is 0 Å². The Kier molecular flexibility index (Phi) is 4.73. The zero-order chi connectivity index (χ0) is 16.4. The van der Waals surface area contributed by atoms with E-state index in [-0.39, 0.29) is 23.8 Å². The number of rotatable bonds is 4. The van der Waals surface area contributed by atoms with Gasteiger partial charge in [-0.2, -0.15) is 0 Å². The second kappa shape index (κ2) is 6.61. The fourth-order valence-electron chi connectivity index (χ4n) is 3.44. The molecule has 0 bridgehead atoms. The lowest BCUT2D eigenvalue weighted by atomic mass is 9.97. The van der Waals surface area contributed by atoms with Crippen molar-refractivity contribution >= 4 is 21.4 Å². The maximum atomic E-state index is 12.7. The van der Waals surface area contributed by atoms with Crippen LogP contribution in [0.15, 0.2) is 24.3 Å². The number of carbonyl (C=O) groups excluding carboxylic acids is 1. The Bertz CT molecular complexity index is 680. The molecule has 2 aliphatic heterocycles. The van der Waals surface area contributed by atoms with E-state index in [1.807, 2.05) is 31.2 Å². The highest BCUT2D eigenvalue weighted by molar-refractivity contribution is 7.92. The molecule has 0 saturated carbocycles. The molecule has 1 saturated heterocycles. The first-order valence-electron chi connectivity index (χ1n) is 8.18. The fraction of sp³-hybridized carbons (Fsp3) is 0.588. The summed E-state index contributed by atoms with van der Waals surface area (Å²) in [4.78, 5) is 14.3. The van der Waals surface area contributed by atoms with Crippen molar-refractivity contribution in [1.29, 1.82) is 0 Å². The van der Waals surface area contributed by atoms with Crippen molar-refractivity contribution < 1.29 is 17.9 Å². The number of ether oxygens (including phenoxy) is 1. The topological polar surface area (TPSA) is 63.7 Å². The monoisotopic (exact) mass is 337 g/mol. The number of hydrogen-bond acceptors (Lipinski definition) is 4. The number of amides is 1. The molecule has 3 rings (SSSR count). The van der Waals surface area contributed by atoms with E-state index >= 15 is 0 Å². The van der Waals surface area contributed by atoms with Crippen LogP contribution in [0.4, 0.5) is 5.69 Å². The number of sulfone groups is 1. The van der Waals surface area contributed by atoms with Crippen molar-refractivity contribution in [1.82, 2.24) is 0 Å². The summed E-state index contributed by atoms with van der Waals surface area (Å²) in [6.45, 7) is 2.59. The minimum atomic E-state index is -3.46. The van der Waals surface area contributed by atoms with Gasteiger partial charge in [0.05, 0.1) is 11.9 Å². The number of para-hydroxylation sites is 1.